The minimum Gasteiger partial charge on any atom is -0.368 e. The number of carbonyl (C=O) groups is 1. The summed E-state index contributed by atoms with van der Waals surface area (Å²) in [5.74, 6) is 0.118. The van der Waals surface area contributed by atoms with Gasteiger partial charge in [-0.3, -0.25) is 4.79 Å². The lowest BCUT2D eigenvalue weighted by Gasteiger charge is -2.03. The predicted molar refractivity (Wildman–Crippen MR) is 51.8 cm³/mol. The number of nitrogens with one attached hydrogen (secondary N) is 1. The number of hydrogen-bond acceptors (Lipinski definition) is 5. The summed E-state index contributed by atoms with van der Waals surface area (Å²) in [5.41, 5.74) is 10.3. The number of primary amides is 1. The molecule has 0 spiro atoms. The van der Waals surface area contributed by atoms with Crippen molar-refractivity contribution in [1.82, 2.24) is 9.97 Å². The third kappa shape index (κ3) is 3.24. The van der Waals surface area contributed by atoms with Gasteiger partial charge in [-0.05, 0) is 15.9 Å². The highest BCUT2D eigenvalue weighted by molar-refractivity contribution is 9.10. The standard InChI is InChI=1S/C6H8BrN5O/c7-3-1-5(10-2-4(8)13)12-6(9)11-3/h1H,2H2,(H2,8,13)(H3,9,10,11,12). The fourth-order valence-electron chi connectivity index (χ4n) is 0.703. The van der Waals surface area contributed by atoms with Crippen LogP contribution in [0, 0.1) is 0 Å². The highest BCUT2D eigenvalue weighted by atomic mass is 79.9. The van der Waals surface area contributed by atoms with E-state index in [-0.39, 0.29) is 12.5 Å². The molecule has 0 unspecified atom stereocenters. The van der Waals surface area contributed by atoms with Crippen molar-refractivity contribution in [2.75, 3.05) is 17.6 Å². The largest absolute Gasteiger partial charge is 0.368 e. The van der Waals surface area contributed by atoms with Crippen LogP contribution in [0.15, 0.2) is 10.7 Å². The molecule has 1 heterocycles. The summed E-state index contributed by atoms with van der Waals surface area (Å²) in [4.78, 5) is 18.0. The number of rotatable bonds is 3. The second kappa shape index (κ2) is 4.04. The monoisotopic (exact) mass is 245 g/mol. The van der Waals surface area contributed by atoms with Crippen molar-refractivity contribution in [1.29, 1.82) is 0 Å². The van der Waals surface area contributed by atoms with E-state index < -0.39 is 5.91 Å². The van der Waals surface area contributed by atoms with E-state index in [1.165, 1.54) is 0 Å². The van der Waals surface area contributed by atoms with Crippen LogP contribution in [0.25, 0.3) is 0 Å². The van der Waals surface area contributed by atoms with Crippen LogP contribution in [-0.4, -0.2) is 22.4 Å². The molecule has 0 saturated carbocycles. The van der Waals surface area contributed by atoms with Gasteiger partial charge in [0.05, 0.1) is 6.54 Å². The van der Waals surface area contributed by atoms with E-state index in [0.29, 0.717) is 10.4 Å². The van der Waals surface area contributed by atoms with E-state index in [9.17, 15) is 4.79 Å². The Morgan fingerprint density at radius 3 is 2.85 bits per heavy atom. The predicted octanol–water partition coefficient (Wildman–Crippen LogP) is -0.282. The van der Waals surface area contributed by atoms with Crippen molar-refractivity contribution < 1.29 is 4.79 Å². The maximum Gasteiger partial charge on any atom is 0.236 e. The van der Waals surface area contributed by atoms with Crippen LogP contribution >= 0.6 is 15.9 Å². The Kier molecular flexibility index (Phi) is 3.02. The Morgan fingerprint density at radius 2 is 2.31 bits per heavy atom. The molecule has 0 bridgehead atoms. The molecule has 0 atom stereocenters. The van der Waals surface area contributed by atoms with Gasteiger partial charge in [-0.2, -0.15) is 4.98 Å². The highest BCUT2D eigenvalue weighted by Crippen LogP contribution is 2.12. The molecule has 0 radical (unpaired) electrons. The summed E-state index contributed by atoms with van der Waals surface area (Å²) in [7, 11) is 0. The van der Waals surface area contributed by atoms with Gasteiger partial charge in [0, 0.05) is 6.07 Å². The van der Waals surface area contributed by atoms with Crippen molar-refractivity contribution in [3.63, 3.8) is 0 Å². The molecule has 1 amide bonds. The summed E-state index contributed by atoms with van der Waals surface area (Å²) in [6, 6.07) is 1.60. The van der Waals surface area contributed by atoms with E-state index in [0.717, 1.165) is 0 Å². The van der Waals surface area contributed by atoms with Gasteiger partial charge in [0.2, 0.25) is 11.9 Å². The number of nitrogens with two attached hydrogens (primary N) is 2. The number of nitrogens with zero attached hydrogens (tertiary/aromatic N) is 2. The normalized spacial score (nSPS) is 9.62. The Balaban J connectivity index is 2.71. The smallest absolute Gasteiger partial charge is 0.236 e. The van der Waals surface area contributed by atoms with Crippen LogP contribution in [0.3, 0.4) is 0 Å². The zero-order chi connectivity index (χ0) is 9.84. The van der Waals surface area contributed by atoms with Crippen LogP contribution in [0.1, 0.15) is 0 Å². The number of hydrogen-bond donors (Lipinski definition) is 3. The van der Waals surface area contributed by atoms with E-state index in [1.807, 2.05) is 0 Å². The first-order valence-electron chi connectivity index (χ1n) is 3.40. The topological polar surface area (TPSA) is 107 Å². The van der Waals surface area contributed by atoms with E-state index in [1.54, 1.807) is 6.07 Å². The van der Waals surface area contributed by atoms with Gasteiger partial charge in [-0.15, -0.1) is 0 Å². The van der Waals surface area contributed by atoms with Gasteiger partial charge in [-0.1, -0.05) is 0 Å². The Bertz CT molecular complexity index is 309. The number of anilines is 2. The molecule has 1 rings (SSSR count). The SMILES string of the molecule is NC(=O)CNc1cc(Br)nc(N)n1. The summed E-state index contributed by atoms with van der Waals surface area (Å²) in [5, 5.41) is 2.69. The molecule has 0 aliphatic heterocycles. The van der Waals surface area contributed by atoms with Crippen LogP contribution < -0.4 is 16.8 Å². The number of amides is 1. The first kappa shape index (κ1) is 9.72. The number of aromatic nitrogens is 2. The van der Waals surface area contributed by atoms with Crippen molar-refractivity contribution in [2.24, 2.45) is 5.73 Å². The first-order chi connectivity index (χ1) is 6.08. The van der Waals surface area contributed by atoms with Crippen LogP contribution in [0.5, 0.6) is 0 Å². The zero-order valence-electron chi connectivity index (χ0n) is 6.62. The van der Waals surface area contributed by atoms with Crippen molar-refractivity contribution in [2.45, 2.75) is 0 Å². The molecule has 70 valence electrons. The fraction of sp³-hybridized carbons (Fsp3) is 0.167. The molecule has 7 heteroatoms. The van der Waals surface area contributed by atoms with Gasteiger partial charge in [0.1, 0.15) is 10.4 Å². The van der Waals surface area contributed by atoms with Crippen LogP contribution in [0.4, 0.5) is 11.8 Å². The Labute approximate surface area is 82.9 Å². The molecular formula is C6H8BrN5O. The van der Waals surface area contributed by atoms with Gasteiger partial charge in [-0.25, -0.2) is 4.98 Å². The second-order valence-corrected chi connectivity index (χ2v) is 3.07. The van der Waals surface area contributed by atoms with Crippen molar-refractivity contribution in [3.05, 3.63) is 10.7 Å². The maximum absolute atomic E-state index is 10.4. The Morgan fingerprint density at radius 1 is 1.62 bits per heavy atom. The lowest BCUT2D eigenvalue weighted by atomic mass is 10.5. The second-order valence-electron chi connectivity index (χ2n) is 2.25. The molecular weight excluding hydrogens is 238 g/mol. The molecule has 0 aliphatic carbocycles. The molecule has 0 fully saturated rings. The molecule has 0 saturated heterocycles. The number of carbonyl (C=O) groups excluding carboxylic acids is 1. The third-order valence-electron chi connectivity index (χ3n) is 1.16. The van der Waals surface area contributed by atoms with Gasteiger partial charge in [0.25, 0.3) is 0 Å². The third-order valence-corrected chi connectivity index (χ3v) is 1.56. The maximum atomic E-state index is 10.4. The van der Waals surface area contributed by atoms with Crippen molar-refractivity contribution >= 4 is 33.6 Å². The minimum atomic E-state index is -0.465. The molecule has 1 aromatic rings. The molecule has 1 aromatic heterocycles. The molecule has 5 N–H and O–H groups in total. The number of nitrogen functional groups attached to an aromatic ring is 1. The zero-order valence-corrected chi connectivity index (χ0v) is 8.21. The van der Waals surface area contributed by atoms with Gasteiger partial charge >= 0.3 is 0 Å². The molecule has 0 aliphatic rings. The van der Waals surface area contributed by atoms with E-state index in [2.05, 4.69) is 31.2 Å². The summed E-state index contributed by atoms with van der Waals surface area (Å²) >= 11 is 3.13. The molecule has 0 aromatic carbocycles. The average molecular weight is 246 g/mol. The average Bonchev–Trinajstić information content (AvgIpc) is 1.99. The van der Waals surface area contributed by atoms with Crippen LogP contribution in [0.2, 0.25) is 0 Å². The summed E-state index contributed by atoms with van der Waals surface area (Å²) < 4.78 is 0.548. The first-order valence-corrected chi connectivity index (χ1v) is 4.19. The van der Waals surface area contributed by atoms with E-state index >= 15 is 0 Å². The fourth-order valence-corrected chi connectivity index (χ4v) is 1.10. The number of halogens is 1. The van der Waals surface area contributed by atoms with Crippen LogP contribution in [-0.2, 0) is 4.79 Å². The lowest BCUT2D eigenvalue weighted by molar-refractivity contribution is -0.116. The summed E-state index contributed by atoms with van der Waals surface area (Å²) in [6.07, 6.45) is 0. The van der Waals surface area contributed by atoms with E-state index in [4.69, 9.17) is 11.5 Å². The minimum absolute atomic E-state index is 0.0168. The van der Waals surface area contributed by atoms with Gasteiger partial charge < -0.3 is 16.8 Å². The quantitative estimate of drug-likeness (QED) is 0.635. The molecule has 6 nitrogen and oxygen atoms in total. The molecule has 13 heavy (non-hydrogen) atoms. The lowest BCUT2D eigenvalue weighted by Crippen LogP contribution is -2.22. The Hall–Kier alpha value is -1.37. The summed E-state index contributed by atoms with van der Waals surface area (Å²) in [6.45, 7) is 0.0168. The highest BCUT2D eigenvalue weighted by Gasteiger charge is 2.00. The van der Waals surface area contributed by atoms with Crippen molar-refractivity contribution in [3.8, 4) is 0 Å². The van der Waals surface area contributed by atoms with Gasteiger partial charge in [0.15, 0.2) is 0 Å².